The number of carbonyl (C=O) groups excluding carboxylic acids is 1. The van der Waals surface area contributed by atoms with Crippen molar-refractivity contribution in [3.05, 3.63) is 34.6 Å². The highest BCUT2D eigenvalue weighted by atomic mass is 32.2. The molecule has 28 heavy (non-hydrogen) atoms. The van der Waals surface area contributed by atoms with E-state index in [1.54, 1.807) is 30.1 Å². The van der Waals surface area contributed by atoms with Crippen molar-refractivity contribution < 1.29 is 13.2 Å². The van der Waals surface area contributed by atoms with Crippen LogP contribution in [-0.2, 0) is 21.7 Å². The van der Waals surface area contributed by atoms with Gasteiger partial charge in [-0.1, -0.05) is 30.8 Å². The molecule has 7 nitrogen and oxygen atoms in total. The number of amides is 1. The summed E-state index contributed by atoms with van der Waals surface area (Å²) < 4.78 is 25.2. The number of hydrogen-bond acceptors (Lipinski definition) is 6. The van der Waals surface area contributed by atoms with E-state index in [1.165, 1.54) is 16.3 Å². The van der Waals surface area contributed by atoms with Gasteiger partial charge < -0.3 is 4.90 Å². The number of hydrogen-bond donors (Lipinski definition) is 0. The van der Waals surface area contributed by atoms with Gasteiger partial charge in [0.15, 0.2) is 15.0 Å². The van der Waals surface area contributed by atoms with Gasteiger partial charge in [0, 0.05) is 19.1 Å². The monoisotopic (exact) mass is 423 g/mol. The fraction of sp³-hybridized carbons (Fsp3) is 0.526. The standard InChI is InChI=1S/C19H25N3O4S2/c1-4-13(2)22(14-9-10-28(25,26)12-14)17(23)11-27-19-20-16-8-6-5-7-15(16)18(24)21(19)3/h5-8,13-14H,4,9-12H2,1-3H3/t13-,14-/m1/s1. The predicted octanol–water partition coefficient (Wildman–Crippen LogP) is 1.84. The molecule has 9 heteroatoms. The van der Waals surface area contributed by atoms with Gasteiger partial charge in [-0.05, 0) is 31.9 Å². The molecule has 1 saturated heterocycles. The van der Waals surface area contributed by atoms with Crippen molar-refractivity contribution in [3.8, 4) is 0 Å². The summed E-state index contributed by atoms with van der Waals surface area (Å²) >= 11 is 1.21. The molecule has 0 spiro atoms. The molecule has 2 heterocycles. The first-order valence-corrected chi connectivity index (χ1v) is 12.1. The topological polar surface area (TPSA) is 89.3 Å². The van der Waals surface area contributed by atoms with Crippen molar-refractivity contribution in [2.75, 3.05) is 17.3 Å². The van der Waals surface area contributed by atoms with Crippen LogP contribution in [0, 0.1) is 0 Å². The molecule has 2 atom stereocenters. The molecule has 2 aromatic rings. The summed E-state index contributed by atoms with van der Waals surface area (Å²) in [5.74, 6) is 0.148. The lowest BCUT2D eigenvalue weighted by Crippen LogP contribution is -2.47. The maximum Gasteiger partial charge on any atom is 0.261 e. The zero-order valence-corrected chi connectivity index (χ0v) is 17.9. The average Bonchev–Trinajstić information content (AvgIpc) is 3.02. The number of sulfone groups is 1. The Kier molecular flexibility index (Phi) is 6.14. The minimum absolute atomic E-state index is 0.0282. The first kappa shape index (κ1) is 20.9. The summed E-state index contributed by atoms with van der Waals surface area (Å²) in [7, 11) is -1.43. The summed E-state index contributed by atoms with van der Waals surface area (Å²) in [6.07, 6.45) is 1.23. The van der Waals surface area contributed by atoms with E-state index >= 15 is 0 Å². The maximum absolute atomic E-state index is 13.0. The lowest BCUT2D eigenvalue weighted by molar-refractivity contribution is -0.132. The smallest absolute Gasteiger partial charge is 0.261 e. The third-order valence-corrected chi connectivity index (χ3v) is 7.99. The number of nitrogens with zero attached hydrogens (tertiary/aromatic N) is 3. The van der Waals surface area contributed by atoms with Crippen molar-refractivity contribution in [1.29, 1.82) is 0 Å². The van der Waals surface area contributed by atoms with Gasteiger partial charge in [0.05, 0.1) is 28.2 Å². The average molecular weight is 424 g/mol. The van der Waals surface area contributed by atoms with Gasteiger partial charge in [0.1, 0.15) is 0 Å². The predicted molar refractivity (Wildman–Crippen MR) is 111 cm³/mol. The van der Waals surface area contributed by atoms with Crippen LogP contribution < -0.4 is 5.56 Å². The molecule has 0 N–H and O–H groups in total. The Bertz CT molecular complexity index is 1050. The Morgan fingerprint density at radius 1 is 1.39 bits per heavy atom. The van der Waals surface area contributed by atoms with Crippen LogP contribution in [0.25, 0.3) is 10.9 Å². The van der Waals surface area contributed by atoms with E-state index in [9.17, 15) is 18.0 Å². The Balaban J connectivity index is 1.80. The lowest BCUT2D eigenvalue weighted by Gasteiger charge is -2.33. The number of thioether (sulfide) groups is 1. The van der Waals surface area contributed by atoms with E-state index in [1.807, 2.05) is 19.9 Å². The van der Waals surface area contributed by atoms with Gasteiger partial charge >= 0.3 is 0 Å². The molecule has 0 radical (unpaired) electrons. The van der Waals surface area contributed by atoms with Crippen LogP contribution in [0.5, 0.6) is 0 Å². The normalized spacial score (nSPS) is 19.6. The summed E-state index contributed by atoms with van der Waals surface area (Å²) in [5, 5.41) is 1.01. The van der Waals surface area contributed by atoms with Crippen molar-refractivity contribution in [2.24, 2.45) is 7.05 Å². The van der Waals surface area contributed by atoms with Gasteiger partial charge in [0.2, 0.25) is 5.91 Å². The number of rotatable bonds is 6. The first-order chi connectivity index (χ1) is 13.2. The first-order valence-electron chi connectivity index (χ1n) is 9.33. The van der Waals surface area contributed by atoms with Crippen LogP contribution in [0.15, 0.2) is 34.2 Å². The molecule has 3 rings (SSSR count). The molecular formula is C19H25N3O4S2. The highest BCUT2D eigenvalue weighted by Gasteiger charge is 2.36. The van der Waals surface area contributed by atoms with Crippen LogP contribution >= 0.6 is 11.8 Å². The minimum atomic E-state index is -3.08. The number of fused-ring (bicyclic) bond motifs is 1. The highest BCUT2D eigenvalue weighted by Crippen LogP contribution is 2.24. The molecule has 152 valence electrons. The zero-order chi connectivity index (χ0) is 20.5. The molecule has 1 amide bonds. The van der Waals surface area contributed by atoms with E-state index in [0.717, 1.165) is 6.42 Å². The molecule has 0 saturated carbocycles. The summed E-state index contributed by atoms with van der Waals surface area (Å²) in [6, 6.07) is 6.80. The van der Waals surface area contributed by atoms with Gasteiger partial charge in [-0.2, -0.15) is 0 Å². The Hall–Kier alpha value is -1.87. The second-order valence-electron chi connectivity index (χ2n) is 7.18. The second kappa shape index (κ2) is 8.24. The van der Waals surface area contributed by atoms with Gasteiger partial charge in [-0.15, -0.1) is 0 Å². The molecule has 1 aliphatic rings. The molecule has 1 aromatic heterocycles. The lowest BCUT2D eigenvalue weighted by atomic mass is 10.1. The molecule has 0 aliphatic carbocycles. The van der Waals surface area contributed by atoms with E-state index < -0.39 is 9.84 Å². The zero-order valence-electron chi connectivity index (χ0n) is 16.3. The largest absolute Gasteiger partial charge is 0.335 e. The maximum atomic E-state index is 13.0. The number of carbonyl (C=O) groups is 1. The second-order valence-corrected chi connectivity index (χ2v) is 10.4. The van der Waals surface area contributed by atoms with Gasteiger partial charge in [-0.3, -0.25) is 14.2 Å². The number of para-hydroxylation sites is 1. The summed E-state index contributed by atoms with van der Waals surface area (Å²) in [4.78, 5) is 31.7. The third kappa shape index (κ3) is 4.25. The van der Waals surface area contributed by atoms with E-state index in [4.69, 9.17) is 0 Å². The molecule has 1 aromatic carbocycles. The highest BCUT2D eigenvalue weighted by molar-refractivity contribution is 7.99. The fourth-order valence-corrected chi connectivity index (χ4v) is 6.08. The SMILES string of the molecule is CC[C@@H](C)N(C(=O)CSc1nc2ccccc2c(=O)n1C)[C@@H]1CCS(=O)(=O)C1. The fourth-order valence-electron chi connectivity index (χ4n) is 3.53. The Morgan fingerprint density at radius 2 is 2.11 bits per heavy atom. The van der Waals surface area contributed by atoms with Gasteiger partial charge in [-0.25, -0.2) is 13.4 Å². The van der Waals surface area contributed by atoms with Crippen LogP contribution in [0.3, 0.4) is 0 Å². The van der Waals surface area contributed by atoms with Crippen molar-refractivity contribution >= 4 is 38.4 Å². The Labute approximate surface area is 169 Å². The minimum Gasteiger partial charge on any atom is -0.335 e. The number of aromatic nitrogens is 2. The van der Waals surface area contributed by atoms with Crippen LogP contribution in [0.2, 0.25) is 0 Å². The Morgan fingerprint density at radius 3 is 2.75 bits per heavy atom. The summed E-state index contributed by atoms with van der Waals surface area (Å²) in [5.41, 5.74) is 0.447. The quantitative estimate of drug-likeness (QED) is 0.520. The third-order valence-electron chi connectivity index (χ3n) is 5.22. The molecule has 0 bridgehead atoms. The van der Waals surface area contributed by atoms with Crippen LogP contribution in [0.4, 0.5) is 0 Å². The van der Waals surface area contributed by atoms with E-state index in [-0.39, 0.29) is 40.8 Å². The van der Waals surface area contributed by atoms with E-state index in [0.29, 0.717) is 22.5 Å². The van der Waals surface area contributed by atoms with Crippen LogP contribution in [0.1, 0.15) is 26.7 Å². The van der Waals surface area contributed by atoms with Crippen molar-refractivity contribution in [2.45, 2.75) is 43.9 Å². The van der Waals surface area contributed by atoms with E-state index in [2.05, 4.69) is 4.98 Å². The van der Waals surface area contributed by atoms with Gasteiger partial charge in [0.25, 0.3) is 5.56 Å². The van der Waals surface area contributed by atoms with Crippen LogP contribution in [-0.4, -0.2) is 58.1 Å². The van der Waals surface area contributed by atoms with Crippen molar-refractivity contribution in [3.63, 3.8) is 0 Å². The molecular weight excluding hydrogens is 398 g/mol. The van der Waals surface area contributed by atoms with Crippen molar-refractivity contribution in [1.82, 2.24) is 14.5 Å². The summed E-state index contributed by atoms with van der Waals surface area (Å²) in [6.45, 7) is 3.92. The molecule has 1 aliphatic heterocycles. The molecule has 1 fully saturated rings. The number of benzene rings is 1. The molecule has 0 unspecified atom stereocenters.